The van der Waals surface area contributed by atoms with Crippen LogP contribution in [0.2, 0.25) is 0 Å². The third-order valence-electron chi connectivity index (χ3n) is 3.95. The summed E-state index contributed by atoms with van der Waals surface area (Å²) < 4.78 is 31.3. The lowest BCUT2D eigenvalue weighted by atomic mass is 10.2. The topological polar surface area (TPSA) is 102 Å². The average molecular weight is 406 g/mol. The quantitative estimate of drug-likeness (QED) is 0.585. The van der Waals surface area contributed by atoms with Crippen LogP contribution in [0.25, 0.3) is 0 Å². The van der Waals surface area contributed by atoms with Crippen LogP contribution in [0.5, 0.6) is 0 Å². The molecule has 27 heavy (non-hydrogen) atoms. The lowest BCUT2D eigenvalue weighted by molar-refractivity contribution is -0.142. The van der Waals surface area contributed by atoms with Crippen LogP contribution in [0.1, 0.15) is 32.1 Å². The molecule has 3 rings (SSSR count). The molecule has 0 fully saturated rings. The molecule has 1 aromatic carbocycles. The second kappa shape index (κ2) is 7.61. The monoisotopic (exact) mass is 406 g/mol. The third kappa shape index (κ3) is 4.25. The number of benzene rings is 1. The highest BCUT2D eigenvalue weighted by molar-refractivity contribution is 7.90. The van der Waals surface area contributed by atoms with Crippen LogP contribution in [-0.4, -0.2) is 39.2 Å². The van der Waals surface area contributed by atoms with Gasteiger partial charge in [0.15, 0.2) is 6.61 Å². The van der Waals surface area contributed by atoms with E-state index in [9.17, 15) is 18.0 Å². The number of hydrogen-bond donors (Lipinski definition) is 1. The Labute approximate surface area is 161 Å². The summed E-state index contributed by atoms with van der Waals surface area (Å²) in [4.78, 5) is 30.2. The Hall–Kier alpha value is -2.52. The van der Waals surface area contributed by atoms with Crippen LogP contribution < -0.4 is 4.72 Å². The Bertz CT molecular complexity index is 1040. The molecule has 2 heterocycles. The molecule has 0 aliphatic carbocycles. The van der Waals surface area contributed by atoms with E-state index >= 15 is 0 Å². The van der Waals surface area contributed by atoms with Crippen molar-refractivity contribution < 1.29 is 22.7 Å². The molecule has 0 unspecified atom stereocenters. The van der Waals surface area contributed by atoms with Gasteiger partial charge in [0, 0.05) is 20.9 Å². The normalized spacial score (nSPS) is 16.0. The largest absolute Gasteiger partial charge is 0.457 e. The second-order valence-corrected chi connectivity index (χ2v) is 9.10. The van der Waals surface area contributed by atoms with Gasteiger partial charge in [-0.3, -0.25) is 19.3 Å². The van der Waals surface area contributed by atoms with E-state index in [1.54, 1.807) is 24.3 Å². The summed E-state index contributed by atoms with van der Waals surface area (Å²) in [7, 11) is -3.60. The molecule has 1 aliphatic rings. The first-order valence-corrected chi connectivity index (χ1v) is 10.5. The minimum Gasteiger partial charge on any atom is -0.457 e. The molecule has 9 heteroatoms. The van der Waals surface area contributed by atoms with Gasteiger partial charge in [0.2, 0.25) is 5.78 Å². The highest BCUT2D eigenvalue weighted by atomic mass is 32.2. The number of Topliss-reactive ketones (excluding diaryl/α,β-unsaturated/α-hetero) is 1. The van der Waals surface area contributed by atoms with Crippen molar-refractivity contribution in [2.75, 3.05) is 13.2 Å². The summed E-state index contributed by atoms with van der Waals surface area (Å²) >= 11 is 1.52. The summed E-state index contributed by atoms with van der Waals surface area (Å²) in [5.74, 6) is -0.598. The van der Waals surface area contributed by atoms with Crippen LogP contribution in [0, 0.1) is 13.8 Å². The molecule has 142 valence electrons. The molecule has 0 spiro atoms. The summed E-state index contributed by atoms with van der Waals surface area (Å²) in [5.41, 5.74) is 1.05. The van der Waals surface area contributed by atoms with Gasteiger partial charge in [-0.25, -0.2) is 8.42 Å². The number of carbonyl (C=O) groups is 2. The highest BCUT2D eigenvalue weighted by Crippen LogP contribution is 2.22. The van der Waals surface area contributed by atoms with E-state index < -0.39 is 16.0 Å². The predicted octanol–water partition coefficient (Wildman–Crippen LogP) is 2.22. The molecule has 1 aliphatic heterocycles. The van der Waals surface area contributed by atoms with Gasteiger partial charge in [0.1, 0.15) is 5.84 Å². The Morgan fingerprint density at radius 1 is 1.22 bits per heavy atom. The molecule has 2 aromatic rings. The number of aryl methyl sites for hydroxylation is 2. The average Bonchev–Trinajstić information content (AvgIpc) is 3.09. The maximum absolute atomic E-state index is 12.1. The minimum atomic E-state index is -3.60. The van der Waals surface area contributed by atoms with Gasteiger partial charge in [-0.05, 0) is 32.0 Å². The summed E-state index contributed by atoms with van der Waals surface area (Å²) in [6.07, 6.45) is -0.0533. The molecule has 0 bridgehead atoms. The van der Waals surface area contributed by atoms with E-state index in [-0.39, 0.29) is 36.1 Å². The van der Waals surface area contributed by atoms with Crippen LogP contribution in [0.15, 0.2) is 40.2 Å². The standard InChI is InChI=1S/C18H18N2O5S2/c1-11-9-14(12(2)26-11)15(21)10-25-17(22)7-8-19-18-13-5-3-4-6-16(13)27(23,24)20-18/h3-6,9H,7-8,10H2,1-2H3,(H,19,20). The number of thiophene rings is 1. The lowest BCUT2D eigenvalue weighted by Gasteiger charge is -2.03. The SMILES string of the molecule is Cc1cc(C(=O)COC(=O)CCN=C2NS(=O)(=O)c3ccccc32)c(C)s1. The van der Waals surface area contributed by atoms with Crippen molar-refractivity contribution in [3.8, 4) is 0 Å². The first kappa shape index (κ1) is 19.2. The number of fused-ring (bicyclic) bond motifs is 1. The number of amidine groups is 1. The van der Waals surface area contributed by atoms with Crippen molar-refractivity contribution >= 4 is 38.9 Å². The summed E-state index contributed by atoms with van der Waals surface area (Å²) in [5, 5.41) is 0. The van der Waals surface area contributed by atoms with Crippen LogP contribution >= 0.6 is 11.3 Å². The minimum absolute atomic E-state index is 0.0514. The molecular weight excluding hydrogens is 388 g/mol. The van der Waals surface area contributed by atoms with Gasteiger partial charge in [0.05, 0.1) is 17.9 Å². The number of ether oxygens (including phenoxy) is 1. The van der Waals surface area contributed by atoms with E-state index in [0.29, 0.717) is 11.1 Å². The first-order chi connectivity index (χ1) is 12.8. The van der Waals surface area contributed by atoms with Gasteiger partial charge < -0.3 is 4.74 Å². The van der Waals surface area contributed by atoms with Crippen LogP contribution in [0.4, 0.5) is 0 Å². The van der Waals surface area contributed by atoms with Crippen molar-refractivity contribution in [1.29, 1.82) is 0 Å². The molecule has 0 amide bonds. The zero-order valence-corrected chi connectivity index (χ0v) is 16.4. The van der Waals surface area contributed by atoms with Crippen LogP contribution in [-0.2, 0) is 19.6 Å². The Balaban J connectivity index is 1.54. The van der Waals surface area contributed by atoms with Gasteiger partial charge in [0.25, 0.3) is 10.0 Å². The molecule has 1 aromatic heterocycles. The number of nitrogens with one attached hydrogen (secondary N) is 1. The van der Waals surface area contributed by atoms with E-state index in [1.165, 1.54) is 17.4 Å². The van der Waals surface area contributed by atoms with Crippen molar-refractivity contribution in [3.63, 3.8) is 0 Å². The van der Waals surface area contributed by atoms with Crippen molar-refractivity contribution in [2.45, 2.75) is 25.2 Å². The zero-order valence-electron chi connectivity index (χ0n) is 14.8. The summed E-state index contributed by atoms with van der Waals surface area (Å²) in [6, 6.07) is 8.27. The maximum Gasteiger partial charge on any atom is 0.308 e. The fourth-order valence-electron chi connectivity index (χ4n) is 2.71. The van der Waals surface area contributed by atoms with Crippen molar-refractivity contribution in [1.82, 2.24) is 4.72 Å². The van der Waals surface area contributed by atoms with E-state index in [1.807, 2.05) is 13.8 Å². The number of esters is 1. The maximum atomic E-state index is 12.1. The van der Waals surface area contributed by atoms with Crippen LogP contribution in [0.3, 0.4) is 0 Å². The molecule has 7 nitrogen and oxygen atoms in total. The molecule has 0 radical (unpaired) electrons. The number of sulfonamides is 1. The van der Waals surface area contributed by atoms with Gasteiger partial charge in [-0.2, -0.15) is 0 Å². The van der Waals surface area contributed by atoms with E-state index in [0.717, 1.165) is 9.75 Å². The second-order valence-electron chi connectivity index (χ2n) is 5.99. The number of carbonyl (C=O) groups excluding carboxylic acids is 2. The Morgan fingerprint density at radius 3 is 2.67 bits per heavy atom. The number of nitrogens with zero attached hydrogens (tertiary/aromatic N) is 1. The van der Waals surface area contributed by atoms with Gasteiger partial charge in [-0.1, -0.05) is 12.1 Å². The van der Waals surface area contributed by atoms with E-state index in [4.69, 9.17) is 4.74 Å². The molecule has 0 saturated heterocycles. The summed E-state index contributed by atoms with van der Waals surface area (Å²) in [6.45, 7) is 3.50. The molecule has 1 N–H and O–H groups in total. The fourth-order valence-corrected chi connectivity index (χ4v) is 4.91. The van der Waals surface area contributed by atoms with Gasteiger partial charge in [-0.15, -0.1) is 11.3 Å². The number of ketones is 1. The van der Waals surface area contributed by atoms with E-state index in [2.05, 4.69) is 9.71 Å². The first-order valence-electron chi connectivity index (χ1n) is 8.20. The molecule has 0 atom stereocenters. The fraction of sp³-hybridized carbons (Fsp3) is 0.278. The highest BCUT2D eigenvalue weighted by Gasteiger charge is 2.30. The smallest absolute Gasteiger partial charge is 0.308 e. The van der Waals surface area contributed by atoms with Crippen molar-refractivity contribution in [3.05, 3.63) is 51.2 Å². The van der Waals surface area contributed by atoms with Gasteiger partial charge >= 0.3 is 5.97 Å². The number of hydrogen-bond acceptors (Lipinski definition) is 7. The van der Waals surface area contributed by atoms with Crippen molar-refractivity contribution in [2.24, 2.45) is 4.99 Å². The molecular formula is C18H18N2O5S2. The Morgan fingerprint density at radius 2 is 1.96 bits per heavy atom. The number of rotatable bonds is 6. The Kier molecular flexibility index (Phi) is 5.43. The molecule has 0 saturated carbocycles. The zero-order chi connectivity index (χ0) is 19.6. The number of aliphatic imine (C=N–C) groups is 1. The lowest BCUT2D eigenvalue weighted by Crippen LogP contribution is -2.22. The predicted molar refractivity (Wildman–Crippen MR) is 102 cm³/mol. The third-order valence-corrected chi connectivity index (χ3v) is 6.32.